The summed E-state index contributed by atoms with van der Waals surface area (Å²) in [6.07, 6.45) is 3.21. The van der Waals surface area contributed by atoms with Gasteiger partial charge < -0.3 is 9.80 Å². The quantitative estimate of drug-likeness (QED) is 0.811. The lowest BCUT2D eigenvalue weighted by Gasteiger charge is -2.46. The fourth-order valence-corrected chi connectivity index (χ4v) is 3.99. The maximum Gasteiger partial charge on any atom is 0.257 e. The van der Waals surface area contributed by atoms with Crippen LogP contribution in [0.2, 0.25) is 0 Å². The number of pyridine rings is 1. The highest BCUT2D eigenvalue weighted by Crippen LogP contribution is 2.34. The van der Waals surface area contributed by atoms with Crippen LogP contribution in [0.25, 0.3) is 0 Å². The maximum atomic E-state index is 14.0. The van der Waals surface area contributed by atoms with Gasteiger partial charge in [0.25, 0.3) is 5.91 Å². The lowest BCUT2D eigenvalue weighted by atomic mass is 9.92. The molecule has 1 aromatic carbocycles. The molecule has 1 aromatic heterocycles. The van der Waals surface area contributed by atoms with Gasteiger partial charge in [0, 0.05) is 31.5 Å². The molecule has 2 saturated heterocycles. The molecule has 0 radical (unpaired) electrons. The molecule has 4 rings (SSSR count). The smallest absolute Gasteiger partial charge is 0.257 e. The van der Waals surface area contributed by atoms with Crippen LogP contribution in [0.3, 0.4) is 0 Å². The van der Waals surface area contributed by atoms with Crippen LogP contribution < -0.4 is 4.90 Å². The third kappa shape index (κ3) is 3.08. The molecule has 0 N–H and O–H groups in total. The lowest BCUT2D eigenvalue weighted by Crippen LogP contribution is -2.64. The average Bonchev–Trinajstić information content (AvgIpc) is 3.11. The van der Waals surface area contributed by atoms with E-state index in [4.69, 9.17) is 0 Å². The summed E-state index contributed by atoms with van der Waals surface area (Å²) in [5, 5.41) is 0. The van der Waals surface area contributed by atoms with Crippen molar-refractivity contribution in [2.24, 2.45) is 0 Å². The molecule has 3 heterocycles. The van der Waals surface area contributed by atoms with Crippen molar-refractivity contribution in [1.29, 1.82) is 0 Å². The Hall–Kier alpha value is -2.80. The second-order valence-corrected chi connectivity index (χ2v) is 7.23. The minimum Gasteiger partial charge on any atom is -0.337 e. The number of rotatable bonds is 2. The summed E-state index contributed by atoms with van der Waals surface area (Å²) in [5.41, 5.74) is 0.569. The normalized spacial score (nSPS) is 23.3. The average molecular weight is 368 g/mol. The number of anilines is 1. The van der Waals surface area contributed by atoms with Crippen molar-refractivity contribution in [3.63, 3.8) is 0 Å². The molecule has 0 aliphatic carbocycles. The number of halogens is 1. The molecule has 2 aliphatic heterocycles. The molecular weight excluding hydrogens is 347 g/mol. The van der Waals surface area contributed by atoms with Gasteiger partial charge in [-0.1, -0.05) is 18.2 Å². The van der Waals surface area contributed by atoms with Crippen LogP contribution in [0.4, 0.5) is 10.1 Å². The summed E-state index contributed by atoms with van der Waals surface area (Å²) in [7, 11) is 1.92. The van der Waals surface area contributed by atoms with Crippen LogP contribution in [0, 0.1) is 5.82 Å². The Kier molecular flexibility index (Phi) is 4.39. The summed E-state index contributed by atoms with van der Waals surface area (Å²) < 4.78 is 14.0. The molecule has 1 spiro atoms. The minimum atomic E-state index is -0.610. The van der Waals surface area contributed by atoms with E-state index < -0.39 is 5.82 Å². The Balaban J connectivity index is 1.57. The van der Waals surface area contributed by atoms with Crippen molar-refractivity contribution >= 4 is 17.5 Å². The number of piperazine rings is 1. The number of amides is 2. The molecule has 2 aliphatic rings. The first-order valence-corrected chi connectivity index (χ1v) is 8.96. The fraction of sp³-hybridized carbons (Fsp3) is 0.350. The molecule has 0 bridgehead atoms. The van der Waals surface area contributed by atoms with E-state index in [1.165, 1.54) is 12.3 Å². The Labute approximate surface area is 157 Å². The van der Waals surface area contributed by atoms with Gasteiger partial charge in [0.15, 0.2) is 5.82 Å². The topological polar surface area (TPSA) is 56.8 Å². The van der Waals surface area contributed by atoms with Gasteiger partial charge in [-0.25, -0.2) is 4.39 Å². The lowest BCUT2D eigenvalue weighted by molar-refractivity contribution is -0.123. The molecule has 2 aromatic rings. The molecule has 1 unspecified atom stereocenters. The number of likely N-dealkylation sites (tertiary alicyclic amines) is 1. The Morgan fingerprint density at radius 1 is 1.19 bits per heavy atom. The van der Waals surface area contributed by atoms with Gasteiger partial charge in [-0.15, -0.1) is 0 Å². The number of carbonyl (C=O) groups excluding carboxylic acids is 2. The predicted octanol–water partition coefficient (Wildman–Crippen LogP) is 1.78. The van der Waals surface area contributed by atoms with E-state index in [0.29, 0.717) is 26.2 Å². The van der Waals surface area contributed by atoms with Crippen molar-refractivity contribution in [1.82, 2.24) is 14.8 Å². The molecule has 2 fully saturated rings. The zero-order valence-electron chi connectivity index (χ0n) is 15.1. The van der Waals surface area contributed by atoms with Crippen LogP contribution in [0.1, 0.15) is 16.8 Å². The van der Waals surface area contributed by atoms with Gasteiger partial charge in [0.1, 0.15) is 0 Å². The summed E-state index contributed by atoms with van der Waals surface area (Å²) in [6, 6.07) is 11.0. The third-order valence-corrected chi connectivity index (χ3v) is 5.63. The first kappa shape index (κ1) is 17.6. The minimum absolute atomic E-state index is 0.0384. The Morgan fingerprint density at radius 2 is 1.96 bits per heavy atom. The number of nitrogens with zero attached hydrogens (tertiary/aromatic N) is 4. The maximum absolute atomic E-state index is 14.0. The van der Waals surface area contributed by atoms with Gasteiger partial charge in [-0.05, 0) is 31.7 Å². The predicted molar refractivity (Wildman–Crippen MR) is 98.9 cm³/mol. The molecule has 2 amide bonds. The Morgan fingerprint density at radius 3 is 2.70 bits per heavy atom. The highest BCUT2D eigenvalue weighted by atomic mass is 19.1. The van der Waals surface area contributed by atoms with E-state index in [1.54, 1.807) is 9.80 Å². The zero-order chi connectivity index (χ0) is 19.0. The van der Waals surface area contributed by atoms with Gasteiger partial charge in [0.05, 0.1) is 23.8 Å². The standard InChI is InChI=1S/C20H21FN4O2/c1-23-12-18(26)25(15-5-3-2-4-6-15)14-20(23)8-10-24(13-20)19(27)16-7-9-22-11-17(16)21/h2-7,9,11H,8,10,12-14H2,1H3. The van der Waals surface area contributed by atoms with Gasteiger partial charge in [0.2, 0.25) is 5.91 Å². The van der Waals surface area contributed by atoms with E-state index in [0.717, 1.165) is 18.3 Å². The molecule has 7 heteroatoms. The SMILES string of the molecule is CN1CC(=O)N(c2ccccc2)CC12CCN(C(=O)c1ccncc1F)C2. The molecule has 0 saturated carbocycles. The number of aromatic nitrogens is 1. The van der Waals surface area contributed by atoms with Crippen LogP contribution in [-0.4, -0.2) is 65.4 Å². The summed E-state index contributed by atoms with van der Waals surface area (Å²) in [4.78, 5) is 34.6. The van der Waals surface area contributed by atoms with Crippen LogP contribution in [0.5, 0.6) is 0 Å². The van der Waals surface area contributed by atoms with Crippen LogP contribution >= 0.6 is 0 Å². The fourth-order valence-electron chi connectivity index (χ4n) is 3.99. The largest absolute Gasteiger partial charge is 0.337 e. The van der Waals surface area contributed by atoms with E-state index >= 15 is 0 Å². The van der Waals surface area contributed by atoms with Crippen molar-refractivity contribution in [2.45, 2.75) is 12.0 Å². The van der Waals surface area contributed by atoms with Crippen LogP contribution in [-0.2, 0) is 4.79 Å². The third-order valence-electron chi connectivity index (χ3n) is 5.63. The number of hydrogen-bond acceptors (Lipinski definition) is 4. The summed E-state index contributed by atoms with van der Waals surface area (Å²) in [6.45, 7) is 1.79. The second-order valence-electron chi connectivity index (χ2n) is 7.23. The highest BCUT2D eigenvalue weighted by molar-refractivity contribution is 5.97. The monoisotopic (exact) mass is 368 g/mol. The van der Waals surface area contributed by atoms with Crippen molar-refractivity contribution < 1.29 is 14.0 Å². The van der Waals surface area contributed by atoms with Gasteiger partial charge in [-0.3, -0.25) is 19.5 Å². The number of hydrogen-bond donors (Lipinski definition) is 0. The number of benzene rings is 1. The molecule has 27 heavy (non-hydrogen) atoms. The molecule has 6 nitrogen and oxygen atoms in total. The first-order chi connectivity index (χ1) is 13.0. The van der Waals surface area contributed by atoms with Crippen molar-refractivity contribution in [3.8, 4) is 0 Å². The second kappa shape index (κ2) is 6.74. The van der Waals surface area contributed by atoms with E-state index in [-0.39, 0.29) is 22.9 Å². The summed E-state index contributed by atoms with van der Waals surface area (Å²) >= 11 is 0. The number of likely N-dealkylation sites (N-methyl/N-ethyl adjacent to an activating group) is 1. The van der Waals surface area contributed by atoms with Gasteiger partial charge in [-0.2, -0.15) is 0 Å². The zero-order valence-corrected chi connectivity index (χ0v) is 15.1. The number of carbonyl (C=O) groups is 2. The van der Waals surface area contributed by atoms with E-state index in [9.17, 15) is 14.0 Å². The highest BCUT2D eigenvalue weighted by Gasteiger charge is 2.48. The number of para-hydroxylation sites is 1. The van der Waals surface area contributed by atoms with Crippen LogP contribution in [0.15, 0.2) is 48.8 Å². The molecule has 140 valence electrons. The van der Waals surface area contributed by atoms with E-state index in [2.05, 4.69) is 4.98 Å². The Bertz CT molecular complexity index is 875. The van der Waals surface area contributed by atoms with Crippen molar-refractivity contribution in [3.05, 3.63) is 60.2 Å². The molecule has 1 atom stereocenters. The summed E-state index contributed by atoms with van der Waals surface area (Å²) in [5.74, 6) is -0.899. The molecular formula is C20H21FN4O2. The van der Waals surface area contributed by atoms with Crippen molar-refractivity contribution in [2.75, 3.05) is 38.1 Å². The van der Waals surface area contributed by atoms with E-state index in [1.807, 2.05) is 42.3 Å². The first-order valence-electron chi connectivity index (χ1n) is 8.96. The van der Waals surface area contributed by atoms with Gasteiger partial charge >= 0.3 is 0 Å².